The van der Waals surface area contributed by atoms with E-state index in [0.717, 1.165) is 18.8 Å². The third-order valence-corrected chi connectivity index (χ3v) is 2.01. The van der Waals surface area contributed by atoms with Gasteiger partial charge in [-0.05, 0) is 12.8 Å². The Morgan fingerprint density at radius 2 is 2.21 bits per heavy atom. The molecule has 14 heavy (non-hydrogen) atoms. The van der Waals surface area contributed by atoms with Crippen LogP contribution in [0, 0.1) is 5.92 Å². The Morgan fingerprint density at radius 1 is 1.50 bits per heavy atom. The molecule has 5 heteroatoms. The summed E-state index contributed by atoms with van der Waals surface area (Å²) in [4.78, 5) is 32.5. The van der Waals surface area contributed by atoms with Gasteiger partial charge in [-0.1, -0.05) is 0 Å². The van der Waals surface area contributed by atoms with Gasteiger partial charge in [0.05, 0.1) is 6.26 Å². The monoisotopic (exact) mass is 197 g/mol. The van der Waals surface area contributed by atoms with E-state index in [-0.39, 0.29) is 5.78 Å². The van der Waals surface area contributed by atoms with E-state index in [4.69, 9.17) is 5.73 Å². The van der Waals surface area contributed by atoms with Crippen molar-refractivity contribution in [3.05, 3.63) is 12.3 Å². The van der Waals surface area contributed by atoms with Crippen LogP contribution in [0.2, 0.25) is 0 Å². The molecule has 1 aliphatic carbocycles. The summed E-state index contributed by atoms with van der Waals surface area (Å²) in [6.07, 6.45) is 3.52. The van der Waals surface area contributed by atoms with Crippen LogP contribution in [0.1, 0.15) is 19.3 Å². The van der Waals surface area contributed by atoms with E-state index in [1.807, 2.05) is 0 Å². The molecule has 0 aromatic rings. The van der Waals surface area contributed by atoms with Crippen molar-refractivity contribution in [2.75, 3.05) is 0 Å². The van der Waals surface area contributed by atoms with Gasteiger partial charge >= 0.3 is 5.97 Å². The lowest BCUT2D eigenvalue weighted by Crippen LogP contribution is -2.19. The summed E-state index contributed by atoms with van der Waals surface area (Å²) in [6.45, 7) is 0. The van der Waals surface area contributed by atoms with E-state index in [0.29, 0.717) is 12.8 Å². The first kappa shape index (κ1) is 10.4. The Bertz CT molecular complexity index is 295. The minimum absolute atomic E-state index is 0.0949. The molecule has 1 amide bonds. The average Bonchev–Trinajstić information content (AvgIpc) is 2.50. The fourth-order valence-electron chi connectivity index (χ4n) is 1.32. The van der Waals surface area contributed by atoms with E-state index < -0.39 is 17.8 Å². The third-order valence-electron chi connectivity index (χ3n) is 2.01. The quantitative estimate of drug-likeness (QED) is 0.296. The molecule has 0 radical (unpaired) electrons. The Morgan fingerprint density at radius 3 is 2.71 bits per heavy atom. The van der Waals surface area contributed by atoms with Crippen LogP contribution in [-0.4, -0.2) is 17.7 Å². The fraction of sp³-hybridized carbons (Fsp3) is 0.444. The largest absolute Gasteiger partial charge is 0.434 e. The number of ether oxygens (including phenoxy) is 1. The highest BCUT2D eigenvalue weighted by atomic mass is 16.5. The summed E-state index contributed by atoms with van der Waals surface area (Å²) in [7, 11) is 0. The van der Waals surface area contributed by atoms with E-state index >= 15 is 0 Å². The Labute approximate surface area is 80.9 Å². The van der Waals surface area contributed by atoms with Crippen molar-refractivity contribution in [2.45, 2.75) is 19.3 Å². The molecule has 1 saturated carbocycles. The van der Waals surface area contributed by atoms with Gasteiger partial charge in [-0.3, -0.25) is 14.4 Å². The maximum atomic E-state index is 11.2. The third kappa shape index (κ3) is 2.69. The van der Waals surface area contributed by atoms with E-state index in [1.165, 1.54) is 0 Å². The lowest BCUT2D eigenvalue weighted by atomic mass is 10.1. The van der Waals surface area contributed by atoms with Crippen LogP contribution in [0.5, 0.6) is 0 Å². The molecule has 1 fully saturated rings. The fourth-order valence-corrected chi connectivity index (χ4v) is 1.32. The van der Waals surface area contributed by atoms with Crippen LogP contribution in [-0.2, 0) is 19.1 Å². The molecule has 0 saturated heterocycles. The Balaban J connectivity index is 2.42. The second-order valence-corrected chi connectivity index (χ2v) is 3.05. The number of carbonyl (C=O) groups excluding carboxylic acids is 3. The molecule has 5 nitrogen and oxygen atoms in total. The predicted octanol–water partition coefficient (Wildman–Crippen LogP) is -0.102. The molecule has 1 unspecified atom stereocenters. The highest BCUT2D eigenvalue weighted by Gasteiger charge is 2.31. The van der Waals surface area contributed by atoms with Gasteiger partial charge in [0.1, 0.15) is 11.7 Å². The van der Waals surface area contributed by atoms with Crippen molar-refractivity contribution in [1.29, 1.82) is 0 Å². The standard InChI is InChI=1S/C9H11NO4/c10-8(12)4-5-14-9(13)6-2-1-3-7(6)11/h4-6H,1-3H2,(H2,10,12)/b5-4+. The number of esters is 1. The molecule has 0 spiro atoms. The molecule has 76 valence electrons. The lowest BCUT2D eigenvalue weighted by Gasteiger charge is -2.03. The van der Waals surface area contributed by atoms with Crippen molar-refractivity contribution < 1.29 is 19.1 Å². The number of amides is 1. The average molecular weight is 197 g/mol. The first-order chi connectivity index (χ1) is 6.61. The Kier molecular flexibility index (Phi) is 3.39. The van der Waals surface area contributed by atoms with Crippen molar-refractivity contribution in [3.63, 3.8) is 0 Å². The van der Waals surface area contributed by atoms with Gasteiger partial charge in [-0.2, -0.15) is 0 Å². The molecule has 2 N–H and O–H groups in total. The smallest absolute Gasteiger partial charge is 0.321 e. The van der Waals surface area contributed by atoms with Crippen molar-refractivity contribution in [3.8, 4) is 0 Å². The van der Waals surface area contributed by atoms with Crippen molar-refractivity contribution in [1.82, 2.24) is 0 Å². The molecular formula is C9H11NO4. The zero-order chi connectivity index (χ0) is 10.6. The first-order valence-corrected chi connectivity index (χ1v) is 4.30. The van der Waals surface area contributed by atoms with Gasteiger partial charge in [0.25, 0.3) is 0 Å². The van der Waals surface area contributed by atoms with E-state index in [9.17, 15) is 14.4 Å². The minimum Gasteiger partial charge on any atom is -0.434 e. The molecular weight excluding hydrogens is 186 g/mol. The molecule has 0 aliphatic heterocycles. The summed E-state index contributed by atoms with van der Waals surface area (Å²) in [5.74, 6) is -2.06. The predicted molar refractivity (Wildman–Crippen MR) is 46.8 cm³/mol. The van der Waals surface area contributed by atoms with Crippen LogP contribution >= 0.6 is 0 Å². The number of hydrogen-bond donors (Lipinski definition) is 1. The first-order valence-electron chi connectivity index (χ1n) is 4.30. The molecule has 1 aliphatic rings. The van der Waals surface area contributed by atoms with Crippen LogP contribution in [0.15, 0.2) is 12.3 Å². The number of primary amides is 1. The number of ketones is 1. The maximum absolute atomic E-state index is 11.2. The summed E-state index contributed by atoms with van der Waals surface area (Å²) in [5.41, 5.74) is 4.78. The number of hydrogen-bond acceptors (Lipinski definition) is 4. The molecule has 1 atom stereocenters. The molecule has 0 aromatic heterocycles. The van der Waals surface area contributed by atoms with Crippen LogP contribution in [0.3, 0.4) is 0 Å². The Hall–Kier alpha value is -1.65. The molecule has 0 bridgehead atoms. The number of carbonyl (C=O) groups is 3. The number of nitrogens with two attached hydrogens (primary N) is 1. The van der Waals surface area contributed by atoms with Gasteiger partial charge < -0.3 is 10.5 Å². The highest BCUT2D eigenvalue weighted by molar-refractivity contribution is 6.00. The summed E-state index contributed by atoms with van der Waals surface area (Å²) in [6, 6.07) is 0. The zero-order valence-corrected chi connectivity index (χ0v) is 7.56. The van der Waals surface area contributed by atoms with E-state index in [2.05, 4.69) is 4.74 Å². The molecule has 0 aromatic carbocycles. The van der Waals surface area contributed by atoms with Gasteiger partial charge in [0.15, 0.2) is 0 Å². The second kappa shape index (κ2) is 4.55. The minimum atomic E-state index is -0.699. The topological polar surface area (TPSA) is 86.5 Å². The SMILES string of the molecule is NC(=O)/C=C/OC(=O)C1CCCC1=O. The van der Waals surface area contributed by atoms with Crippen molar-refractivity contribution in [2.24, 2.45) is 11.7 Å². The summed E-state index contributed by atoms with van der Waals surface area (Å²) < 4.78 is 4.57. The zero-order valence-electron chi connectivity index (χ0n) is 7.56. The van der Waals surface area contributed by atoms with E-state index in [1.54, 1.807) is 0 Å². The van der Waals surface area contributed by atoms with Gasteiger partial charge in [-0.15, -0.1) is 0 Å². The highest BCUT2D eigenvalue weighted by Crippen LogP contribution is 2.22. The van der Waals surface area contributed by atoms with Gasteiger partial charge in [0.2, 0.25) is 5.91 Å². The van der Waals surface area contributed by atoms with Crippen molar-refractivity contribution >= 4 is 17.7 Å². The normalized spacial score (nSPS) is 21.4. The van der Waals surface area contributed by atoms with Crippen LogP contribution in [0.4, 0.5) is 0 Å². The summed E-state index contributed by atoms with van der Waals surface area (Å²) >= 11 is 0. The maximum Gasteiger partial charge on any atom is 0.321 e. The molecule has 0 heterocycles. The van der Waals surface area contributed by atoms with Gasteiger partial charge in [0, 0.05) is 12.5 Å². The summed E-state index contributed by atoms with van der Waals surface area (Å²) in [5, 5.41) is 0. The molecule has 1 rings (SSSR count). The van der Waals surface area contributed by atoms with Gasteiger partial charge in [-0.25, -0.2) is 0 Å². The van der Waals surface area contributed by atoms with Crippen LogP contribution < -0.4 is 5.73 Å². The van der Waals surface area contributed by atoms with Crippen LogP contribution in [0.25, 0.3) is 0 Å². The lowest BCUT2D eigenvalue weighted by molar-refractivity contribution is -0.145. The second-order valence-electron chi connectivity index (χ2n) is 3.05. The number of rotatable bonds is 3. The number of Topliss-reactive ketones (excluding diaryl/α,β-unsaturated/α-hetero) is 1.